The molecule has 1 heterocycles. The van der Waals surface area contributed by atoms with Gasteiger partial charge in [-0.2, -0.15) is 0 Å². The fraction of sp³-hybridized carbons (Fsp3) is 0.316. The van der Waals surface area contributed by atoms with E-state index in [1.54, 1.807) is 12.1 Å². The summed E-state index contributed by atoms with van der Waals surface area (Å²) in [7, 11) is 0. The maximum Gasteiger partial charge on any atom is 0.224 e. The molecule has 0 spiro atoms. The first kappa shape index (κ1) is 17.0. The highest BCUT2D eigenvalue weighted by Crippen LogP contribution is 2.16. The SMILES string of the molecule is CC(C)c1ccc(/C=C/CC(=O)NC(CO)c2ccco2)cc1. The average molecular weight is 313 g/mol. The van der Waals surface area contributed by atoms with Crippen LogP contribution in [0.4, 0.5) is 0 Å². The first-order chi connectivity index (χ1) is 11.1. The summed E-state index contributed by atoms with van der Waals surface area (Å²) in [5.41, 5.74) is 2.36. The van der Waals surface area contributed by atoms with Gasteiger partial charge in [0.15, 0.2) is 0 Å². The van der Waals surface area contributed by atoms with Crippen LogP contribution in [0, 0.1) is 0 Å². The molecule has 0 aliphatic carbocycles. The van der Waals surface area contributed by atoms with Crippen molar-refractivity contribution in [3.05, 3.63) is 65.6 Å². The fourth-order valence-corrected chi connectivity index (χ4v) is 2.24. The maximum absolute atomic E-state index is 11.9. The molecule has 0 bridgehead atoms. The third-order valence-electron chi connectivity index (χ3n) is 3.62. The Morgan fingerprint density at radius 3 is 2.57 bits per heavy atom. The van der Waals surface area contributed by atoms with Gasteiger partial charge in [0.2, 0.25) is 5.91 Å². The number of benzene rings is 1. The number of hydrogen-bond acceptors (Lipinski definition) is 3. The van der Waals surface area contributed by atoms with Crippen LogP contribution in [0.3, 0.4) is 0 Å². The zero-order valence-corrected chi connectivity index (χ0v) is 13.5. The first-order valence-electron chi connectivity index (χ1n) is 7.80. The zero-order valence-electron chi connectivity index (χ0n) is 13.5. The Bertz CT molecular complexity index is 627. The maximum atomic E-state index is 11.9. The van der Waals surface area contributed by atoms with Gasteiger partial charge in [0, 0.05) is 6.42 Å². The van der Waals surface area contributed by atoms with Crippen molar-refractivity contribution in [1.29, 1.82) is 0 Å². The molecule has 2 aromatic rings. The number of carbonyl (C=O) groups excluding carboxylic acids is 1. The standard InChI is InChI=1S/C19H23NO3/c1-14(2)16-10-8-15(9-11-16)5-3-7-19(22)20-17(13-21)18-6-4-12-23-18/h3-6,8-12,14,17,21H,7,13H2,1-2H3,(H,20,22)/b5-3+. The Hall–Kier alpha value is -2.33. The van der Waals surface area contributed by atoms with E-state index in [9.17, 15) is 9.90 Å². The van der Waals surface area contributed by atoms with E-state index in [2.05, 4.69) is 31.3 Å². The Labute approximate surface area is 136 Å². The van der Waals surface area contributed by atoms with Gasteiger partial charge < -0.3 is 14.8 Å². The monoisotopic (exact) mass is 313 g/mol. The van der Waals surface area contributed by atoms with Crippen molar-refractivity contribution >= 4 is 12.0 Å². The lowest BCUT2D eigenvalue weighted by atomic mass is 10.0. The van der Waals surface area contributed by atoms with Crippen LogP contribution in [0.25, 0.3) is 6.08 Å². The average Bonchev–Trinajstić information content (AvgIpc) is 3.07. The lowest BCUT2D eigenvalue weighted by Gasteiger charge is -2.12. The molecule has 0 aliphatic rings. The van der Waals surface area contributed by atoms with Crippen LogP contribution in [-0.2, 0) is 4.79 Å². The minimum absolute atomic E-state index is 0.157. The largest absolute Gasteiger partial charge is 0.467 e. The molecule has 2 N–H and O–H groups in total. The van der Waals surface area contributed by atoms with Crippen LogP contribution < -0.4 is 5.32 Å². The first-order valence-corrected chi connectivity index (χ1v) is 7.80. The highest BCUT2D eigenvalue weighted by molar-refractivity contribution is 5.78. The Balaban J connectivity index is 1.85. The zero-order chi connectivity index (χ0) is 16.7. The van der Waals surface area contributed by atoms with E-state index in [0.29, 0.717) is 11.7 Å². The van der Waals surface area contributed by atoms with E-state index >= 15 is 0 Å². The molecule has 0 saturated carbocycles. The van der Waals surface area contributed by atoms with Gasteiger partial charge in [-0.15, -0.1) is 0 Å². The number of carbonyl (C=O) groups is 1. The highest BCUT2D eigenvalue weighted by Gasteiger charge is 2.15. The van der Waals surface area contributed by atoms with Crippen LogP contribution in [0.5, 0.6) is 0 Å². The van der Waals surface area contributed by atoms with Gasteiger partial charge in [-0.3, -0.25) is 4.79 Å². The molecular weight excluding hydrogens is 290 g/mol. The smallest absolute Gasteiger partial charge is 0.224 e. The quantitative estimate of drug-likeness (QED) is 0.820. The van der Waals surface area contributed by atoms with Crippen molar-refractivity contribution in [1.82, 2.24) is 5.32 Å². The number of rotatable bonds is 7. The van der Waals surface area contributed by atoms with Gasteiger partial charge in [0.25, 0.3) is 0 Å². The minimum Gasteiger partial charge on any atom is -0.467 e. The molecule has 1 amide bonds. The van der Waals surface area contributed by atoms with Crippen molar-refractivity contribution in [2.75, 3.05) is 6.61 Å². The molecule has 122 valence electrons. The topological polar surface area (TPSA) is 62.5 Å². The summed E-state index contributed by atoms with van der Waals surface area (Å²) in [6, 6.07) is 11.2. The molecule has 23 heavy (non-hydrogen) atoms. The summed E-state index contributed by atoms with van der Waals surface area (Å²) < 4.78 is 5.20. The lowest BCUT2D eigenvalue weighted by molar-refractivity contribution is -0.121. The number of aliphatic hydroxyl groups is 1. The van der Waals surface area contributed by atoms with Crippen molar-refractivity contribution in [2.24, 2.45) is 0 Å². The molecule has 0 fully saturated rings. The summed E-state index contributed by atoms with van der Waals surface area (Å²) >= 11 is 0. The van der Waals surface area contributed by atoms with Crippen molar-refractivity contribution in [2.45, 2.75) is 32.2 Å². The van der Waals surface area contributed by atoms with Crippen molar-refractivity contribution < 1.29 is 14.3 Å². The summed E-state index contributed by atoms with van der Waals surface area (Å²) in [5, 5.41) is 12.1. The van der Waals surface area contributed by atoms with Gasteiger partial charge in [0.1, 0.15) is 11.8 Å². The normalized spacial score (nSPS) is 12.7. The summed E-state index contributed by atoms with van der Waals surface area (Å²) in [6.07, 6.45) is 5.51. The van der Waals surface area contributed by atoms with E-state index in [-0.39, 0.29) is 18.9 Å². The molecule has 1 unspecified atom stereocenters. The lowest BCUT2D eigenvalue weighted by Crippen LogP contribution is -2.29. The number of aliphatic hydroxyl groups excluding tert-OH is 1. The van der Waals surface area contributed by atoms with Crippen LogP contribution in [0.1, 0.15) is 49.1 Å². The Morgan fingerprint density at radius 1 is 1.26 bits per heavy atom. The third-order valence-corrected chi connectivity index (χ3v) is 3.62. The number of amides is 1. The van der Waals surface area contributed by atoms with E-state index < -0.39 is 6.04 Å². The molecule has 4 nitrogen and oxygen atoms in total. The second-order valence-electron chi connectivity index (χ2n) is 5.75. The van der Waals surface area contributed by atoms with E-state index in [4.69, 9.17) is 4.42 Å². The molecule has 1 aromatic carbocycles. The molecule has 0 aliphatic heterocycles. The second-order valence-corrected chi connectivity index (χ2v) is 5.75. The molecule has 2 rings (SSSR count). The Kier molecular flexibility index (Phi) is 6.18. The van der Waals surface area contributed by atoms with Crippen LogP contribution >= 0.6 is 0 Å². The van der Waals surface area contributed by atoms with Gasteiger partial charge >= 0.3 is 0 Å². The van der Waals surface area contributed by atoms with Gasteiger partial charge in [0.05, 0.1) is 12.9 Å². The highest BCUT2D eigenvalue weighted by atomic mass is 16.3. The number of furan rings is 1. The summed E-state index contributed by atoms with van der Waals surface area (Å²) in [6.45, 7) is 4.12. The second kappa shape index (κ2) is 8.34. The van der Waals surface area contributed by atoms with Crippen LogP contribution in [0.15, 0.2) is 53.2 Å². The van der Waals surface area contributed by atoms with Crippen molar-refractivity contribution in [3.8, 4) is 0 Å². The Morgan fingerprint density at radius 2 is 2.00 bits per heavy atom. The van der Waals surface area contributed by atoms with E-state index in [0.717, 1.165) is 5.56 Å². The molecule has 1 atom stereocenters. The van der Waals surface area contributed by atoms with Crippen molar-refractivity contribution in [3.63, 3.8) is 0 Å². The number of hydrogen-bond donors (Lipinski definition) is 2. The van der Waals surface area contributed by atoms with Gasteiger partial charge in [-0.25, -0.2) is 0 Å². The van der Waals surface area contributed by atoms with E-state index in [1.165, 1.54) is 11.8 Å². The molecule has 0 radical (unpaired) electrons. The molecule has 4 heteroatoms. The fourth-order valence-electron chi connectivity index (χ4n) is 2.24. The predicted molar refractivity (Wildman–Crippen MR) is 90.9 cm³/mol. The predicted octanol–water partition coefficient (Wildman–Crippen LogP) is 3.66. The van der Waals surface area contributed by atoms with Crippen LogP contribution in [0.2, 0.25) is 0 Å². The van der Waals surface area contributed by atoms with Gasteiger partial charge in [-0.05, 0) is 29.2 Å². The molecular formula is C19H23NO3. The number of nitrogens with one attached hydrogen (secondary N) is 1. The van der Waals surface area contributed by atoms with Gasteiger partial charge in [-0.1, -0.05) is 50.3 Å². The third kappa shape index (κ3) is 5.11. The van der Waals surface area contributed by atoms with E-state index in [1.807, 2.05) is 24.3 Å². The minimum atomic E-state index is -0.503. The molecule has 0 saturated heterocycles. The summed E-state index contributed by atoms with van der Waals surface area (Å²) in [5.74, 6) is 0.903. The molecule has 1 aromatic heterocycles. The van der Waals surface area contributed by atoms with Crippen LogP contribution in [-0.4, -0.2) is 17.6 Å². The summed E-state index contributed by atoms with van der Waals surface area (Å²) in [4.78, 5) is 11.9.